The highest BCUT2D eigenvalue weighted by atomic mass is 16.7. The zero-order valence-corrected chi connectivity index (χ0v) is 6.82. The third-order valence-electron chi connectivity index (χ3n) is 1.27. The molecule has 1 saturated heterocycles. The van der Waals surface area contributed by atoms with Crippen LogP contribution in [0.1, 0.15) is 0 Å². The summed E-state index contributed by atoms with van der Waals surface area (Å²) in [6, 6.07) is 0. The van der Waals surface area contributed by atoms with Gasteiger partial charge in [0, 0.05) is 11.8 Å². The van der Waals surface area contributed by atoms with Crippen LogP contribution in [0.25, 0.3) is 0 Å². The summed E-state index contributed by atoms with van der Waals surface area (Å²) < 4.78 is 10.1. The molecule has 1 fully saturated rings. The molecule has 0 aromatic rings. The standard InChI is InChI=1S/C9H11NO2/c1-3-4-5-10-9-8(2)6-11-7-12-9/h3-5H,1-2,6-7H2/b5-4-,10-9+. The monoisotopic (exact) mass is 165 g/mol. The highest BCUT2D eigenvalue weighted by Crippen LogP contribution is 2.05. The van der Waals surface area contributed by atoms with Gasteiger partial charge in [-0.25, -0.2) is 4.99 Å². The van der Waals surface area contributed by atoms with Gasteiger partial charge in [-0.1, -0.05) is 19.2 Å². The molecule has 0 aromatic carbocycles. The van der Waals surface area contributed by atoms with Crippen molar-refractivity contribution < 1.29 is 9.47 Å². The zero-order chi connectivity index (χ0) is 8.81. The Bertz CT molecular complexity index is 241. The summed E-state index contributed by atoms with van der Waals surface area (Å²) >= 11 is 0. The average molecular weight is 165 g/mol. The van der Waals surface area contributed by atoms with Crippen molar-refractivity contribution >= 4 is 5.90 Å². The van der Waals surface area contributed by atoms with Gasteiger partial charge in [0.1, 0.15) is 0 Å². The van der Waals surface area contributed by atoms with E-state index in [1.165, 1.54) is 0 Å². The Hall–Kier alpha value is -1.35. The van der Waals surface area contributed by atoms with E-state index in [-0.39, 0.29) is 6.79 Å². The molecule has 0 unspecified atom stereocenters. The molecule has 0 atom stereocenters. The Morgan fingerprint density at radius 2 is 2.33 bits per heavy atom. The van der Waals surface area contributed by atoms with Crippen molar-refractivity contribution in [2.45, 2.75) is 0 Å². The van der Waals surface area contributed by atoms with Crippen LogP contribution in [0, 0.1) is 0 Å². The molecule has 1 aliphatic heterocycles. The van der Waals surface area contributed by atoms with Gasteiger partial charge < -0.3 is 9.47 Å². The molecule has 64 valence electrons. The number of rotatable bonds is 2. The summed E-state index contributed by atoms with van der Waals surface area (Å²) in [6.45, 7) is 7.99. The predicted molar refractivity (Wildman–Crippen MR) is 47.8 cm³/mol. The summed E-state index contributed by atoms with van der Waals surface area (Å²) in [5.41, 5.74) is 0.759. The topological polar surface area (TPSA) is 30.8 Å². The lowest BCUT2D eigenvalue weighted by Crippen LogP contribution is -2.20. The smallest absolute Gasteiger partial charge is 0.220 e. The fourth-order valence-electron chi connectivity index (χ4n) is 0.726. The van der Waals surface area contributed by atoms with Crippen molar-refractivity contribution in [2.24, 2.45) is 4.99 Å². The van der Waals surface area contributed by atoms with E-state index in [1.54, 1.807) is 18.4 Å². The summed E-state index contributed by atoms with van der Waals surface area (Å²) in [4.78, 5) is 4.02. The van der Waals surface area contributed by atoms with Crippen molar-refractivity contribution in [3.05, 3.63) is 37.1 Å². The first kappa shape index (κ1) is 8.74. The normalized spacial score (nSPS) is 21.3. The van der Waals surface area contributed by atoms with Gasteiger partial charge in [-0.2, -0.15) is 0 Å². The van der Waals surface area contributed by atoms with Crippen LogP contribution in [-0.2, 0) is 9.47 Å². The molecule has 0 bridgehead atoms. The first-order valence-corrected chi connectivity index (χ1v) is 3.58. The van der Waals surface area contributed by atoms with Crippen LogP contribution in [-0.4, -0.2) is 19.3 Å². The van der Waals surface area contributed by atoms with Gasteiger partial charge in [0.05, 0.1) is 6.61 Å². The van der Waals surface area contributed by atoms with Gasteiger partial charge >= 0.3 is 0 Å². The van der Waals surface area contributed by atoms with Crippen molar-refractivity contribution in [2.75, 3.05) is 13.4 Å². The lowest BCUT2D eigenvalue weighted by Gasteiger charge is -2.16. The first-order valence-electron chi connectivity index (χ1n) is 3.58. The minimum absolute atomic E-state index is 0.250. The van der Waals surface area contributed by atoms with Crippen LogP contribution < -0.4 is 0 Å². The lowest BCUT2D eigenvalue weighted by molar-refractivity contribution is 0.00273. The van der Waals surface area contributed by atoms with E-state index in [2.05, 4.69) is 18.2 Å². The van der Waals surface area contributed by atoms with Crippen molar-refractivity contribution in [3.63, 3.8) is 0 Å². The minimum atomic E-state index is 0.250. The van der Waals surface area contributed by atoms with Crippen LogP contribution in [0.3, 0.4) is 0 Å². The van der Waals surface area contributed by atoms with Gasteiger partial charge in [0.25, 0.3) is 0 Å². The van der Waals surface area contributed by atoms with Crippen molar-refractivity contribution in [1.82, 2.24) is 0 Å². The van der Waals surface area contributed by atoms with E-state index < -0.39 is 0 Å². The molecule has 1 aliphatic rings. The van der Waals surface area contributed by atoms with Crippen molar-refractivity contribution in [3.8, 4) is 0 Å². The SMILES string of the molecule is C=C/C=C\N=C1\OCOCC1=C. The van der Waals surface area contributed by atoms with Crippen LogP contribution in [0.4, 0.5) is 0 Å². The number of allylic oxidation sites excluding steroid dienone is 2. The molecule has 1 heterocycles. The summed E-state index contributed by atoms with van der Waals surface area (Å²) in [7, 11) is 0. The molecule has 3 heteroatoms. The third-order valence-corrected chi connectivity index (χ3v) is 1.27. The van der Waals surface area contributed by atoms with Gasteiger partial charge in [-0.15, -0.1) is 0 Å². The number of hydrogen-bond donors (Lipinski definition) is 0. The van der Waals surface area contributed by atoms with Crippen LogP contribution in [0.15, 0.2) is 42.1 Å². The quantitative estimate of drug-likeness (QED) is 0.582. The average Bonchev–Trinajstić information content (AvgIpc) is 2.09. The van der Waals surface area contributed by atoms with E-state index in [0.717, 1.165) is 5.57 Å². The predicted octanol–water partition coefficient (Wildman–Crippen LogP) is 1.65. The molecular weight excluding hydrogens is 154 g/mol. The Kier molecular flexibility index (Phi) is 3.29. The Balaban J connectivity index is 2.58. The molecular formula is C9H11NO2. The van der Waals surface area contributed by atoms with Crippen LogP contribution in [0.2, 0.25) is 0 Å². The molecule has 0 amide bonds. The van der Waals surface area contributed by atoms with E-state index >= 15 is 0 Å². The number of aliphatic imine (C=N–C) groups is 1. The molecule has 0 aromatic heterocycles. The highest BCUT2D eigenvalue weighted by molar-refractivity contribution is 5.93. The van der Waals surface area contributed by atoms with E-state index in [9.17, 15) is 0 Å². The third kappa shape index (κ3) is 2.36. The Labute approximate surface area is 71.7 Å². The number of hydrogen-bond acceptors (Lipinski definition) is 3. The molecule has 12 heavy (non-hydrogen) atoms. The maximum Gasteiger partial charge on any atom is 0.220 e. The molecule has 0 N–H and O–H groups in total. The fourth-order valence-corrected chi connectivity index (χ4v) is 0.726. The summed E-state index contributed by atoms with van der Waals surface area (Å²) in [6.07, 6.45) is 4.98. The molecule has 0 radical (unpaired) electrons. The Morgan fingerprint density at radius 3 is 3.00 bits per heavy atom. The van der Waals surface area contributed by atoms with Crippen LogP contribution in [0.5, 0.6) is 0 Å². The second-order valence-electron chi connectivity index (χ2n) is 2.23. The van der Waals surface area contributed by atoms with Gasteiger partial charge in [0.2, 0.25) is 5.90 Å². The summed E-state index contributed by atoms with van der Waals surface area (Å²) in [5.74, 6) is 0.541. The first-order chi connectivity index (χ1) is 5.84. The largest absolute Gasteiger partial charge is 0.450 e. The van der Waals surface area contributed by atoms with Gasteiger partial charge in [0.15, 0.2) is 6.79 Å². The van der Waals surface area contributed by atoms with E-state index in [0.29, 0.717) is 12.5 Å². The van der Waals surface area contributed by atoms with E-state index in [4.69, 9.17) is 9.47 Å². The number of nitrogens with zero attached hydrogens (tertiary/aromatic N) is 1. The van der Waals surface area contributed by atoms with Gasteiger partial charge in [-0.05, 0) is 6.08 Å². The minimum Gasteiger partial charge on any atom is -0.450 e. The second kappa shape index (κ2) is 4.51. The molecule has 0 spiro atoms. The molecule has 0 saturated carbocycles. The number of ether oxygens (including phenoxy) is 2. The molecule has 0 aliphatic carbocycles. The zero-order valence-electron chi connectivity index (χ0n) is 6.82. The maximum atomic E-state index is 5.08. The highest BCUT2D eigenvalue weighted by Gasteiger charge is 2.10. The second-order valence-corrected chi connectivity index (χ2v) is 2.23. The Morgan fingerprint density at radius 1 is 1.50 bits per heavy atom. The summed E-state index contributed by atoms with van der Waals surface area (Å²) in [5, 5.41) is 0. The van der Waals surface area contributed by atoms with Crippen LogP contribution >= 0.6 is 0 Å². The van der Waals surface area contributed by atoms with E-state index in [1.807, 2.05) is 0 Å². The van der Waals surface area contributed by atoms with Gasteiger partial charge in [-0.3, -0.25) is 0 Å². The lowest BCUT2D eigenvalue weighted by atomic mass is 10.3. The fraction of sp³-hybridized carbons (Fsp3) is 0.222. The maximum absolute atomic E-state index is 5.08. The van der Waals surface area contributed by atoms with Crippen molar-refractivity contribution in [1.29, 1.82) is 0 Å². The molecule has 3 nitrogen and oxygen atoms in total. The molecule has 1 rings (SSSR count).